The molecule has 0 bridgehead atoms. The molecule has 1 amide bonds. The van der Waals surface area contributed by atoms with Crippen LogP contribution < -0.4 is 19.5 Å². The van der Waals surface area contributed by atoms with Crippen molar-refractivity contribution in [2.24, 2.45) is 0 Å². The molecule has 24 heavy (non-hydrogen) atoms. The van der Waals surface area contributed by atoms with Crippen molar-refractivity contribution in [3.8, 4) is 17.2 Å². The molecule has 1 aliphatic heterocycles. The first kappa shape index (κ1) is 14.4. The second kappa shape index (κ2) is 5.81. The molecule has 2 aromatic carbocycles. The summed E-state index contributed by atoms with van der Waals surface area (Å²) in [7, 11) is 1.56. The first-order valence-electron chi connectivity index (χ1n) is 7.52. The molecule has 1 aliphatic rings. The molecule has 0 radical (unpaired) electrons. The summed E-state index contributed by atoms with van der Waals surface area (Å²) in [5, 5.41) is 3.60. The van der Waals surface area contributed by atoms with E-state index in [0.717, 1.165) is 5.39 Å². The smallest absolute Gasteiger partial charge is 0.291 e. The zero-order valence-electron chi connectivity index (χ0n) is 13.0. The topological polar surface area (TPSA) is 69.9 Å². The van der Waals surface area contributed by atoms with Gasteiger partial charge < -0.3 is 23.9 Å². The van der Waals surface area contributed by atoms with Crippen LogP contribution in [0.1, 0.15) is 10.6 Å². The Bertz CT molecular complexity index is 915. The normalized spacial score (nSPS) is 12.9. The Morgan fingerprint density at radius 2 is 1.92 bits per heavy atom. The summed E-state index contributed by atoms with van der Waals surface area (Å²) in [6.07, 6.45) is 0. The van der Waals surface area contributed by atoms with Crippen molar-refractivity contribution >= 4 is 22.6 Å². The fourth-order valence-electron chi connectivity index (χ4n) is 2.62. The third-order valence-corrected chi connectivity index (χ3v) is 3.75. The second-order valence-electron chi connectivity index (χ2n) is 5.30. The van der Waals surface area contributed by atoms with Crippen LogP contribution >= 0.6 is 0 Å². The van der Waals surface area contributed by atoms with E-state index in [1.165, 1.54) is 0 Å². The molecular weight excluding hydrogens is 310 g/mol. The summed E-state index contributed by atoms with van der Waals surface area (Å²) in [5.74, 6) is 1.75. The maximum atomic E-state index is 12.4. The van der Waals surface area contributed by atoms with Gasteiger partial charge in [0.15, 0.2) is 28.6 Å². The van der Waals surface area contributed by atoms with E-state index in [2.05, 4.69) is 5.32 Å². The highest BCUT2D eigenvalue weighted by Crippen LogP contribution is 2.33. The van der Waals surface area contributed by atoms with E-state index in [4.69, 9.17) is 18.6 Å². The van der Waals surface area contributed by atoms with E-state index >= 15 is 0 Å². The number of nitrogens with one attached hydrogen (secondary N) is 1. The van der Waals surface area contributed by atoms with Gasteiger partial charge in [-0.15, -0.1) is 0 Å². The summed E-state index contributed by atoms with van der Waals surface area (Å²) in [6, 6.07) is 12.4. The molecule has 6 heteroatoms. The van der Waals surface area contributed by atoms with Gasteiger partial charge in [0.1, 0.15) is 13.2 Å². The van der Waals surface area contributed by atoms with Crippen LogP contribution in [-0.2, 0) is 0 Å². The Balaban J connectivity index is 1.60. The number of rotatable bonds is 3. The van der Waals surface area contributed by atoms with Gasteiger partial charge in [-0.25, -0.2) is 0 Å². The molecule has 1 N–H and O–H groups in total. The van der Waals surface area contributed by atoms with Crippen LogP contribution in [0.15, 0.2) is 46.9 Å². The van der Waals surface area contributed by atoms with E-state index in [-0.39, 0.29) is 11.7 Å². The highest BCUT2D eigenvalue weighted by atomic mass is 16.6. The lowest BCUT2D eigenvalue weighted by atomic mass is 10.2. The van der Waals surface area contributed by atoms with Crippen LogP contribution in [0, 0.1) is 0 Å². The van der Waals surface area contributed by atoms with Crippen LogP contribution in [0.5, 0.6) is 17.2 Å². The van der Waals surface area contributed by atoms with Crippen molar-refractivity contribution in [2.75, 3.05) is 25.6 Å². The van der Waals surface area contributed by atoms with Gasteiger partial charge in [-0.3, -0.25) is 4.79 Å². The Hall–Kier alpha value is -3.15. The lowest BCUT2D eigenvalue weighted by Gasteiger charge is -2.18. The van der Waals surface area contributed by atoms with Gasteiger partial charge in [-0.05, 0) is 24.3 Å². The van der Waals surface area contributed by atoms with Gasteiger partial charge in [0, 0.05) is 17.1 Å². The van der Waals surface area contributed by atoms with Crippen LogP contribution in [0.3, 0.4) is 0 Å². The average molecular weight is 325 g/mol. The molecule has 0 atom stereocenters. The number of furan rings is 1. The van der Waals surface area contributed by atoms with Crippen molar-refractivity contribution in [3.63, 3.8) is 0 Å². The third kappa shape index (κ3) is 2.52. The molecule has 0 fully saturated rings. The number of amides is 1. The Morgan fingerprint density at radius 3 is 2.75 bits per heavy atom. The number of hydrogen-bond acceptors (Lipinski definition) is 5. The van der Waals surface area contributed by atoms with Gasteiger partial charge in [0.2, 0.25) is 0 Å². The molecule has 2 heterocycles. The molecule has 0 spiro atoms. The van der Waals surface area contributed by atoms with E-state index in [1.54, 1.807) is 37.4 Å². The molecule has 0 saturated carbocycles. The molecule has 3 aromatic rings. The number of carbonyl (C=O) groups is 1. The van der Waals surface area contributed by atoms with Gasteiger partial charge in [-0.1, -0.05) is 12.1 Å². The zero-order valence-corrected chi connectivity index (χ0v) is 13.0. The van der Waals surface area contributed by atoms with Crippen LogP contribution in [-0.4, -0.2) is 26.2 Å². The molecule has 122 valence electrons. The minimum absolute atomic E-state index is 0.212. The van der Waals surface area contributed by atoms with Crippen molar-refractivity contribution in [3.05, 3.63) is 48.2 Å². The molecular formula is C18H15NO5. The number of hydrogen-bond donors (Lipinski definition) is 1. The fourth-order valence-corrected chi connectivity index (χ4v) is 2.62. The predicted molar refractivity (Wildman–Crippen MR) is 88.2 cm³/mol. The van der Waals surface area contributed by atoms with E-state index in [0.29, 0.717) is 41.7 Å². The number of para-hydroxylation sites is 1. The number of benzene rings is 2. The number of ether oxygens (including phenoxy) is 3. The summed E-state index contributed by atoms with van der Waals surface area (Å²) in [6.45, 7) is 1.02. The number of methoxy groups -OCH3 is 1. The van der Waals surface area contributed by atoms with Gasteiger partial charge in [0.05, 0.1) is 7.11 Å². The molecule has 0 aliphatic carbocycles. The summed E-state index contributed by atoms with van der Waals surface area (Å²) >= 11 is 0. The monoisotopic (exact) mass is 325 g/mol. The highest BCUT2D eigenvalue weighted by Gasteiger charge is 2.17. The quantitative estimate of drug-likeness (QED) is 0.798. The lowest BCUT2D eigenvalue weighted by molar-refractivity contribution is 0.0998. The summed E-state index contributed by atoms with van der Waals surface area (Å²) < 4.78 is 21.9. The van der Waals surface area contributed by atoms with Gasteiger partial charge in [0.25, 0.3) is 5.91 Å². The molecule has 0 saturated heterocycles. The van der Waals surface area contributed by atoms with Crippen LogP contribution in [0.25, 0.3) is 11.0 Å². The van der Waals surface area contributed by atoms with E-state index in [1.807, 2.05) is 12.1 Å². The molecule has 6 nitrogen and oxygen atoms in total. The predicted octanol–water partition coefficient (Wildman–Crippen LogP) is 3.46. The zero-order chi connectivity index (χ0) is 16.5. The number of anilines is 1. The Morgan fingerprint density at radius 1 is 1.08 bits per heavy atom. The van der Waals surface area contributed by atoms with Crippen molar-refractivity contribution in [2.45, 2.75) is 0 Å². The fraction of sp³-hybridized carbons (Fsp3) is 0.167. The summed E-state index contributed by atoms with van der Waals surface area (Å²) in [4.78, 5) is 12.4. The van der Waals surface area contributed by atoms with Gasteiger partial charge in [-0.2, -0.15) is 0 Å². The first-order chi connectivity index (χ1) is 11.7. The average Bonchev–Trinajstić information content (AvgIpc) is 3.06. The SMILES string of the molecule is COc1cccc2cc(C(=O)Nc3ccc4c(c3)OCCO4)oc12. The van der Waals surface area contributed by atoms with Crippen LogP contribution in [0.4, 0.5) is 5.69 Å². The molecule has 1 aromatic heterocycles. The molecule has 4 rings (SSSR count). The van der Waals surface area contributed by atoms with Crippen molar-refractivity contribution in [1.82, 2.24) is 0 Å². The highest BCUT2D eigenvalue weighted by molar-refractivity contribution is 6.05. The second-order valence-corrected chi connectivity index (χ2v) is 5.30. The van der Waals surface area contributed by atoms with E-state index < -0.39 is 0 Å². The minimum atomic E-state index is -0.343. The Labute approximate surface area is 137 Å². The van der Waals surface area contributed by atoms with Gasteiger partial charge >= 0.3 is 0 Å². The molecule has 0 unspecified atom stereocenters. The van der Waals surface area contributed by atoms with Crippen molar-refractivity contribution in [1.29, 1.82) is 0 Å². The van der Waals surface area contributed by atoms with Crippen molar-refractivity contribution < 1.29 is 23.4 Å². The minimum Gasteiger partial charge on any atom is -0.493 e. The lowest BCUT2D eigenvalue weighted by Crippen LogP contribution is -2.16. The maximum absolute atomic E-state index is 12.4. The summed E-state index contributed by atoms with van der Waals surface area (Å²) in [5.41, 5.74) is 1.16. The third-order valence-electron chi connectivity index (χ3n) is 3.75. The number of carbonyl (C=O) groups excluding carboxylic acids is 1. The number of fused-ring (bicyclic) bond motifs is 2. The standard InChI is InChI=1S/C18H15NO5/c1-21-14-4-2-3-11-9-16(24-17(11)14)18(20)19-12-5-6-13-15(10-12)23-8-7-22-13/h2-6,9-10H,7-8H2,1H3,(H,19,20). The maximum Gasteiger partial charge on any atom is 0.291 e. The Kier molecular flexibility index (Phi) is 3.49. The van der Waals surface area contributed by atoms with E-state index in [9.17, 15) is 4.79 Å². The van der Waals surface area contributed by atoms with Crippen LogP contribution in [0.2, 0.25) is 0 Å². The largest absolute Gasteiger partial charge is 0.493 e. The first-order valence-corrected chi connectivity index (χ1v) is 7.52.